The van der Waals surface area contributed by atoms with Crippen LogP contribution in [0.3, 0.4) is 0 Å². The number of piperidine rings is 1. The molecule has 2 amide bonds. The zero-order chi connectivity index (χ0) is 18.7. The summed E-state index contributed by atoms with van der Waals surface area (Å²) in [5, 5.41) is 8.28. The number of hydrogen-bond donors (Lipinski definition) is 0. The van der Waals surface area contributed by atoms with Crippen LogP contribution in [0.15, 0.2) is 10.3 Å². The Morgan fingerprint density at radius 2 is 1.96 bits per heavy atom. The normalized spacial score (nSPS) is 29.2. The Bertz CT molecular complexity index is 630. The van der Waals surface area contributed by atoms with Crippen molar-refractivity contribution >= 4 is 23.6 Å². The van der Waals surface area contributed by atoms with Crippen molar-refractivity contribution in [3.63, 3.8) is 0 Å². The quantitative estimate of drug-likeness (QED) is 0.389. The van der Waals surface area contributed by atoms with Crippen molar-refractivity contribution in [1.29, 1.82) is 0 Å². The number of nitrogens with zero attached hydrogens (tertiary/aromatic N) is 4. The third-order valence-electron chi connectivity index (χ3n) is 4.33. The molecule has 0 saturated carbocycles. The molecular formula is C16H20N4O6. The Hall–Kier alpha value is -2.36. The second-order valence-corrected chi connectivity index (χ2v) is 6.26. The Kier molecular flexibility index (Phi) is 5.60. The van der Waals surface area contributed by atoms with Crippen molar-refractivity contribution in [3.05, 3.63) is 12.8 Å². The zero-order valence-electron chi connectivity index (χ0n) is 14.4. The van der Waals surface area contributed by atoms with E-state index in [0.29, 0.717) is 13.1 Å². The van der Waals surface area contributed by atoms with E-state index < -0.39 is 41.9 Å². The third kappa shape index (κ3) is 3.90. The van der Waals surface area contributed by atoms with Crippen molar-refractivity contribution in [1.82, 2.24) is 9.91 Å². The average Bonchev–Trinajstić information content (AvgIpc) is 3.11. The van der Waals surface area contributed by atoms with Crippen LogP contribution >= 0.6 is 0 Å². The summed E-state index contributed by atoms with van der Waals surface area (Å²) in [6.45, 7) is 2.38. The highest BCUT2D eigenvalue weighted by molar-refractivity contribution is 6.42. The molecule has 3 rings (SSSR count). The van der Waals surface area contributed by atoms with Crippen LogP contribution in [0.1, 0.15) is 26.2 Å². The highest BCUT2D eigenvalue weighted by atomic mass is 16.6. The van der Waals surface area contributed by atoms with E-state index in [-0.39, 0.29) is 6.61 Å². The molecule has 10 nitrogen and oxygen atoms in total. The van der Waals surface area contributed by atoms with E-state index in [1.165, 1.54) is 13.3 Å². The van der Waals surface area contributed by atoms with Crippen LogP contribution in [0.5, 0.6) is 0 Å². The Morgan fingerprint density at radius 1 is 1.23 bits per heavy atom. The molecular weight excluding hydrogens is 344 g/mol. The van der Waals surface area contributed by atoms with E-state index in [2.05, 4.69) is 10.3 Å². The van der Waals surface area contributed by atoms with E-state index in [9.17, 15) is 19.2 Å². The van der Waals surface area contributed by atoms with Crippen molar-refractivity contribution < 1.29 is 28.7 Å². The van der Waals surface area contributed by atoms with E-state index in [4.69, 9.17) is 9.47 Å². The van der Waals surface area contributed by atoms with Gasteiger partial charge in [-0.1, -0.05) is 5.22 Å². The number of esters is 1. The summed E-state index contributed by atoms with van der Waals surface area (Å²) < 4.78 is 10.3. The molecule has 3 atom stereocenters. The summed E-state index contributed by atoms with van der Waals surface area (Å²) in [6.07, 6.45) is 4.42. The summed E-state index contributed by atoms with van der Waals surface area (Å²) >= 11 is 0. The molecule has 0 aromatic heterocycles. The molecule has 2 radical (unpaired) electrons. The maximum absolute atomic E-state index is 12.4. The molecule has 3 aliphatic rings. The molecule has 0 aromatic carbocycles. The lowest BCUT2D eigenvalue weighted by Crippen LogP contribution is -2.52. The lowest BCUT2D eigenvalue weighted by molar-refractivity contribution is -0.161. The van der Waals surface area contributed by atoms with Gasteiger partial charge in [-0.25, -0.2) is 0 Å². The Labute approximate surface area is 150 Å². The molecule has 0 bridgehead atoms. The topological polar surface area (TPSA) is 118 Å². The second-order valence-electron chi connectivity index (χ2n) is 6.26. The van der Waals surface area contributed by atoms with Gasteiger partial charge in [0.05, 0.1) is 6.10 Å². The average molecular weight is 364 g/mol. The first-order valence-corrected chi connectivity index (χ1v) is 8.51. The first-order chi connectivity index (χ1) is 12.5. The summed E-state index contributed by atoms with van der Waals surface area (Å²) in [7, 11) is 0. The lowest BCUT2D eigenvalue weighted by atomic mass is 10.1. The van der Waals surface area contributed by atoms with Gasteiger partial charge in [-0.15, -0.1) is 5.11 Å². The van der Waals surface area contributed by atoms with Crippen molar-refractivity contribution in [3.8, 4) is 0 Å². The molecule has 3 aliphatic heterocycles. The number of ether oxygens (including phenoxy) is 2. The van der Waals surface area contributed by atoms with Gasteiger partial charge in [0, 0.05) is 32.9 Å². The first-order valence-electron chi connectivity index (χ1n) is 8.51. The molecule has 0 N–H and O–H groups in total. The zero-order valence-corrected chi connectivity index (χ0v) is 14.4. The largest absolute Gasteiger partial charge is 0.463 e. The molecule has 3 heterocycles. The minimum Gasteiger partial charge on any atom is -0.463 e. The van der Waals surface area contributed by atoms with Crippen LogP contribution in [0.4, 0.5) is 0 Å². The van der Waals surface area contributed by atoms with E-state index in [1.54, 1.807) is 11.3 Å². The van der Waals surface area contributed by atoms with Gasteiger partial charge in [-0.3, -0.25) is 19.2 Å². The summed E-state index contributed by atoms with van der Waals surface area (Å²) in [5.41, 5.74) is 0. The fourth-order valence-electron chi connectivity index (χ4n) is 2.97. The van der Waals surface area contributed by atoms with Gasteiger partial charge >= 0.3 is 11.9 Å². The molecule has 140 valence electrons. The van der Waals surface area contributed by atoms with E-state index in [1.807, 2.05) is 0 Å². The van der Waals surface area contributed by atoms with Gasteiger partial charge in [0.15, 0.2) is 6.23 Å². The van der Waals surface area contributed by atoms with Crippen LogP contribution in [0, 0.1) is 12.8 Å². The highest BCUT2D eigenvalue weighted by Crippen LogP contribution is 2.25. The molecule has 2 saturated heterocycles. The van der Waals surface area contributed by atoms with E-state index >= 15 is 0 Å². The van der Waals surface area contributed by atoms with Gasteiger partial charge in [0.2, 0.25) is 6.04 Å². The fraction of sp³-hybridized carbons (Fsp3) is 0.625. The second kappa shape index (κ2) is 7.90. The van der Waals surface area contributed by atoms with Crippen LogP contribution in [-0.4, -0.2) is 71.5 Å². The van der Waals surface area contributed by atoms with Gasteiger partial charge in [-0.2, -0.15) is 5.01 Å². The van der Waals surface area contributed by atoms with Crippen molar-refractivity contribution in [2.45, 2.75) is 44.6 Å². The predicted molar refractivity (Wildman–Crippen MR) is 84.8 cm³/mol. The molecule has 10 heteroatoms. The standard InChI is InChI=1S/C16H20N4O6/c1-10(21)25-9-11-5-6-12(26-11)20-16(24)14(22)13(17-18-20)15(23)19-7-3-2-4-8-19/h5-6,11-13H,2-4,7-9H2,1H3. The smallest absolute Gasteiger partial charge is 0.316 e. The molecule has 3 unspecified atom stereocenters. The minimum atomic E-state index is -1.42. The van der Waals surface area contributed by atoms with Gasteiger partial charge in [0.1, 0.15) is 6.61 Å². The summed E-state index contributed by atoms with van der Waals surface area (Å²) in [6, 6.07) is -1.42. The Balaban J connectivity index is 1.61. The van der Waals surface area contributed by atoms with Crippen LogP contribution in [-0.2, 0) is 28.7 Å². The van der Waals surface area contributed by atoms with E-state index in [0.717, 1.165) is 24.3 Å². The van der Waals surface area contributed by atoms with Crippen LogP contribution in [0.25, 0.3) is 0 Å². The number of amides is 2. The number of hydrogen-bond acceptors (Lipinski definition) is 8. The molecule has 2 fully saturated rings. The Morgan fingerprint density at radius 3 is 2.65 bits per heavy atom. The third-order valence-corrected chi connectivity index (χ3v) is 4.33. The van der Waals surface area contributed by atoms with Gasteiger partial charge in [0.25, 0.3) is 11.7 Å². The number of rotatable bonds is 4. The summed E-state index contributed by atoms with van der Waals surface area (Å²) in [4.78, 5) is 49.5. The number of carbonyl (C=O) groups excluding carboxylic acids is 4. The predicted octanol–water partition coefficient (Wildman–Crippen LogP) is -0.157. The molecule has 0 aliphatic carbocycles. The van der Waals surface area contributed by atoms with Gasteiger partial charge < -0.3 is 14.4 Å². The van der Waals surface area contributed by atoms with Crippen molar-refractivity contribution in [2.75, 3.05) is 19.7 Å². The number of Topliss-reactive ketones (excluding diaryl/α,β-unsaturated/α-hetero) is 1. The van der Waals surface area contributed by atoms with Crippen molar-refractivity contribution in [2.24, 2.45) is 10.3 Å². The van der Waals surface area contributed by atoms with Gasteiger partial charge in [-0.05, 0) is 19.3 Å². The molecule has 26 heavy (non-hydrogen) atoms. The first kappa shape index (κ1) is 18.4. The highest BCUT2D eigenvalue weighted by Gasteiger charge is 2.45. The number of carbonyl (C=O) groups is 4. The number of ketones is 1. The molecule has 0 aromatic rings. The van der Waals surface area contributed by atoms with Crippen LogP contribution in [0.2, 0.25) is 0 Å². The molecule has 0 spiro atoms. The monoisotopic (exact) mass is 364 g/mol. The minimum absolute atomic E-state index is 0.00841. The lowest BCUT2D eigenvalue weighted by Gasteiger charge is -2.31. The van der Waals surface area contributed by atoms with Crippen LogP contribution < -0.4 is 0 Å². The maximum Gasteiger partial charge on any atom is 0.316 e. The fourth-order valence-corrected chi connectivity index (χ4v) is 2.97. The maximum atomic E-state index is 12.4. The number of likely N-dealkylation sites (tertiary alicyclic amines) is 1. The summed E-state index contributed by atoms with van der Waals surface area (Å²) in [5.74, 6) is -2.80. The SMILES string of the molecule is CC(=O)OCC1[CH][CH]C(N2N=NC(C(=O)N3CCCCC3)C(=O)C2=O)O1.